The standard InChI is InChI=1S/C16H21NO4/c18-14-10-16(21-12-14)6-8-17(9-7-16)15(19)20-11-13-4-2-1-3-5-13/h1-5,14,18H,6-12H2/t14-/m0/s1. The minimum Gasteiger partial charge on any atom is -0.445 e. The second kappa shape index (κ2) is 6.03. The number of aliphatic hydroxyl groups excluding tert-OH is 1. The van der Waals surface area contributed by atoms with Crippen LogP contribution in [0.3, 0.4) is 0 Å². The molecule has 0 saturated carbocycles. The van der Waals surface area contributed by atoms with Crippen LogP contribution in [0.25, 0.3) is 0 Å². The molecule has 1 spiro atoms. The Labute approximate surface area is 124 Å². The Morgan fingerprint density at radius 3 is 2.67 bits per heavy atom. The molecule has 1 atom stereocenters. The van der Waals surface area contributed by atoms with E-state index in [9.17, 15) is 9.90 Å². The number of rotatable bonds is 2. The summed E-state index contributed by atoms with van der Waals surface area (Å²) in [6.07, 6.45) is 1.59. The second-order valence-electron chi connectivity index (χ2n) is 5.88. The first-order valence-corrected chi connectivity index (χ1v) is 7.45. The van der Waals surface area contributed by atoms with Crippen LogP contribution >= 0.6 is 0 Å². The van der Waals surface area contributed by atoms with Crippen LogP contribution in [0.1, 0.15) is 24.8 Å². The Balaban J connectivity index is 1.47. The van der Waals surface area contributed by atoms with Gasteiger partial charge in [-0.25, -0.2) is 4.79 Å². The Morgan fingerprint density at radius 1 is 1.33 bits per heavy atom. The van der Waals surface area contributed by atoms with Gasteiger partial charge in [-0.15, -0.1) is 0 Å². The van der Waals surface area contributed by atoms with Crippen LogP contribution in [0.15, 0.2) is 30.3 Å². The molecule has 0 bridgehead atoms. The van der Waals surface area contributed by atoms with Gasteiger partial charge in [0.1, 0.15) is 6.61 Å². The predicted molar refractivity (Wildman–Crippen MR) is 76.7 cm³/mol. The quantitative estimate of drug-likeness (QED) is 0.904. The summed E-state index contributed by atoms with van der Waals surface area (Å²) >= 11 is 0. The molecule has 0 radical (unpaired) electrons. The summed E-state index contributed by atoms with van der Waals surface area (Å²) in [6.45, 7) is 1.97. The van der Waals surface area contributed by atoms with Crippen molar-refractivity contribution in [3.63, 3.8) is 0 Å². The molecule has 1 amide bonds. The smallest absolute Gasteiger partial charge is 0.410 e. The number of amides is 1. The van der Waals surface area contributed by atoms with Crippen molar-refractivity contribution in [1.29, 1.82) is 0 Å². The molecule has 0 aromatic heterocycles. The molecule has 2 saturated heterocycles. The monoisotopic (exact) mass is 291 g/mol. The van der Waals surface area contributed by atoms with Crippen molar-refractivity contribution >= 4 is 6.09 Å². The SMILES string of the molecule is O=C(OCc1ccccc1)N1CCC2(CC1)C[C@H](O)CO2. The van der Waals surface area contributed by atoms with E-state index in [0.717, 1.165) is 18.4 Å². The maximum atomic E-state index is 12.1. The first-order valence-electron chi connectivity index (χ1n) is 7.45. The lowest BCUT2D eigenvalue weighted by molar-refractivity contribution is -0.0430. The highest BCUT2D eigenvalue weighted by Gasteiger charge is 2.43. The van der Waals surface area contributed by atoms with Gasteiger partial charge in [-0.05, 0) is 18.4 Å². The van der Waals surface area contributed by atoms with Gasteiger partial charge in [0, 0.05) is 19.5 Å². The van der Waals surface area contributed by atoms with E-state index in [-0.39, 0.29) is 17.8 Å². The van der Waals surface area contributed by atoms with E-state index in [1.165, 1.54) is 0 Å². The maximum Gasteiger partial charge on any atom is 0.410 e. The number of carbonyl (C=O) groups is 1. The van der Waals surface area contributed by atoms with Crippen LogP contribution in [0.5, 0.6) is 0 Å². The van der Waals surface area contributed by atoms with E-state index < -0.39 is 0 Å². The second-order valence-corrected chi connectivity index (χ2v) is 5.88. The van der Waals surface area contributed by atoms with Gasteiger partial charge >= 0.3 is 6.09 Å². The number of piperidine rings is 1. The van der Waals surface area contributed by atoms with Gasteiger partial charge in [0.25, 0.3) is 0 Å². The summed E-state index contributed by atoms with van der Waals surface area (Å²) in [7, 11) is 0. The highest BCUT2D eigenvalue weighted by molar-refractivity contribution is 5.67. The Kier molecular flexibility index (Phi) is 4.12. The van der Waals surface area contributed by atoms with Crippen molar-refractivity contribution < 1.29 is 19.4 Å². The van der Waals surface area contributed by atoms with Gasteiger partial charge in [-0.3, -0.25) is 0 Å². The fourth-order valence-corrected chi connectivity index (χ4v) is 3.08. The number of likely N-dealkylation sites (tertiary alicyclic amines) is 1. The molecule has 1 aromatic rings. The summed E-state index contributed by atoms with van der Waals surface area (Å²) in [5.41, 5.74) is 0.761. The molecule has 114 valence electrons. The molecule has 5 nitrogen and oxygen atoms in total. The molecular weight excluding hydrogens is 270 g/mol. The zero-order valence-corrected chi connectivity index (χ0v) is 12.0. The van der Waals surface area contributed by atoms with Crippen LogP contribution in [0.4, 0.5) is 4.79 Å². The van der Waals surface area contributed by atoms with Crippen molar-refractivity contribution in [3.05, 3.63) is 35.9 Å². The van der Waals surface area contributed by atoms with Crippen LogP contribution in [0, 0.1) is 0 Å². The average molecular weight is 291 g/mol. The minimum atomic E-state index is -0.360. The number of benzene rings is 1. The topological polar surface area (TPSA) is 59.0 Å². The fraction of sp³-hybridized carbons (Fsp3) is 0.562. The lowest BCUT2D eigenvalue weighted by Gasteiger charge is -2.37. The lowest BCUT2D eigenvalue weighted by Crippen LogP contribution is -2.46. The van der Waals surface area contributed by atoms with Gasteiger partial charge < -0.3 is 19.5 Å². The van der Waals surface area contributed by atoms with Gasteiger partial charge in [0.15, 0.2) is 0 Å². The van der Waals surface area contributed by atoms with Gasteiger partial charge in [-0.1, -0.05) is 30.3 Å². The van der Waals surface area contributed by atoms with Crippen molar-refractivity contribution in [2.24, 2.45) is 0 Å². The number of carbonyl (C=O) groups excluding carboxylic acids is 1. The third kappa shape index (κ3) is 3.36. The number of ether oxygens (including phenoxy) is 2. The van der Waals surface area contributed by atoms with Crippen molar-refractivity contribution in [2.45, 2.75) is 37.6 Å². The number of nitrogens with zero attached hydrogens (tertiary/aromatic N) is 1. The number of hydrogen-bond donors (Lipinski definition) is 1. The highest BCUT2D eigenvalue weighted by Crippen LogP contribution is 2.35. The molecule has 2 fully saturated rings. The van der Waals surface area contributed by atoms with Crippen molar-refractivity contribution in [3.8, 4) is 0 Å². The van der Waals surface area contributed by atoms with E-state index in [1.807, 2.05) is 30.3 Å². The molecule has 1 N–H and O–H groups in total. The predicted octanol–water partition coefficient (Wildman–Crippen LogP) is 1.94. The normalized spacial score (nSPS) is 24.2. The number of hydrogen-bond acceptors (Lipinski definition) is 4. The zero-order valence-electron chi connectivity index (χ0n) is 12.0. The van der Waals surface area contributed by atoms with E-state index in [2.05, 4.69) is 0 Å². The molecule has 2 aliphatic heterocycles. The largest absolute Gasteiger partial charge is 0.445 e. The van der Waals surface area contributed by atoms with E-state index in [0.29, 0.717) is 32.7 Å². The molecule has 1 aromatic carbocycles. The Hall–Kier alpha value is -1.59. The van der Waals surface area contributed by atoms with E-state index in [4.69, 9.17) is 9.47 Å². The first kappa shape index (κ1) is 14.4. The number of aliphatic hydroxyl groups is 1. The summed E-state index contributed by atoms with van der Waals surface area (Å²) in [4.78, 5) is 13.8. The van der Waals surface area contributed by atoms with Crippen LogP contribution < -0.4 is 0 Å². The fourth-order valence-electron chi connectivity index (χ4n) is 3.08. The maximum absolute atomic E-state index is 12.1. The third-order valence-corrected chi connectivity index (χ3v) is 4.33. The Bertz CT molecular complexity index is 482. The average Bonchev–Trinajstić information content (AvgIpc) is 2.87. The molecule has 5 heteroatoms. The van der Waals surface area contributed by atoms with Crippen molar-refractivity contribution in [1.82, 2.24) is 4.90 Å². The van der Waals surface area contributed by atoms with E-state index in [1.54, 1.807) is 4.90 Å². The van der Waals surface area contributed by atoms with Gasteiger partial charge in [0.2, 0.25) is 0 Å². The molecular formula is C16H21NO4. The Morgan fingerprint density at radius 2 is 2.05 bits per heavy atom. The summed E-state index contributed by atoms with van der Waals surface area (Å²) < 4.78 is 11.1. The lowest BCUT2D eigenvalue weighted by atomic mass is 9.88. The summed E-state index contributed by atoms with van der Waals surface area (Å²) in [6, 6.07) is 9.66. The van der Waals surface area contributed by atoms with Crippen molar-refractivity contribution in [2.75, 3.05) is 19.7 Å². The van der Waals surface area contributed by atoms with Crippen LogP contribution in [-0.4, -0.2) is 47.5 Å². The highest BCUT2D eigenvalue weighted by atomic mass is 16.6. The first-order chi connectivity index (χ1) is 10.2. The van der Waals surface area contributed by atoms with Crippen LogP contribution in [-0.2, 0) is 16.1 Å². The van der Waals surface area contributed by atoms with E-state index >= 15 is 0 Å². The molecule has 0 aliphatic carbocycles. The molecule has 3 rings (SSSR count). The minimum absolute atomic E-state index is 0.227. The molecule has 2 heterocycles. The zero-order chi connectivity index (χ0) is 14.7. The van der Waals surface area contributed by atoms with Crippen LogP contribution in [0.2, 0.25) is 0 Å². The van der Waals surface area contributed by atoms with Gasteiger partial charge in [0.05, 0.1) is 18.3 Å². The summed E-state index contributed by atoms with van der Waals surface area (Å²) in [5.74, 6) is 0. The molecule has 2 aliphatic rings. The summed E-state index contributed by atoms with van der Waals surface area (Å²) in [5, 5.41) is 9.60. The van der Waals surface area contributed by atoms with Gasteiger partial charge in [-0.2, -0.15) is 0 Å². The molecule has 21 heavy (non-hydrogen) atoms. The molecule has 0 unspecified atom stereocenters. The third-order valence-electron chi connectivity index (χ3n) is 4.33.